The van der Waals surface area contributed by atoms with Crippen molar-refractivity contribution in [3.8, 4) is 5.75 Å². The highest BCUT2D eigenvalue weighted by Gasteiger charge is 2.17. The smallest absolute Gasteiger partial charge is 0.229 e. The van der Waals surface area contributed by atoms with Crippen molar-refractivity contribution in [1.29, 1.82) is 0 Å². The number of anilines is 3. The van der Waals surface area contributed by atoms with Crippen molar-refractivity contribution in [2.75, 3.05) is 43.4 Å². The van der Waals surface area contributed by atoms with Crippen molar-refractivity contribution in [2.24, 2.45) is 0 Å². The van der Waals surface area contributed by atoms with Crippen LogP contribution in [0.5, 0.6) is 5.75 Å². The van der Waals surface area contributed by atoms with Gasteiger partial charge >= 0.3 is 0 Å². The van der Waals surface area contributed by atoms with Crippen LogP contribution in [-0.4, -0.2) is 54.2 Å². The Morgan fingerprint density at radius 1 is 1.08 bits per heavy atom. The van der Waals surface area contributed by atoms with Gasteiger partial charge in [0.15, 0.2) is 0 Å². The summed E-state index contributed by atoms with van der Waals surface area (Å²) in [4.78, 5) is 13.9. The van der Waals surface area contributed by atoms with E-state index >= 15 is 0 Å². The number of nitrogens with zero attached hydrogens (tertiary/aromatic N) is 4. The van der Waals surface area contributed by atoms with Crippen molar-refractivity contribution in [3.63, 3.8) is 0 Å². The van der Waals surface area contributed by atoms with Crippen molar-refractivity contribution in [1.82, 2.24) is 14.9 Å². The summed E-state index contributed by atoms with van der Waals surface area (Å²) in [5, 5.41) is 3.32. The summed E-state index contributed by atoms with van der Waals surface area (Å²) in [6.45, 7) is 10.1. The molecule has 2 heterocycles. The molecule has 0 spiro atoms. The number of aromatic nitrogens is 2. The van der Waals surface area contributed by atoms with Gasteiger partial charge < -0.3 is 19.9 Å². The van der Waals surface area contributed by atoms with E-state index in [1.807, 2.05) is 51.1 Å². The fourth-order valence-corrected chi connectivity index (χ4v) is 2.85. The summed E-state index contributed by atoms with van der Waals surface area (Å²) in [7, 11) is 2.15. The molecule has 2 aromatic rings. The highest BCUT2D eigenvalue weighted by atomic mass is 16.5. The van der Waals surface area contributed by atoms with Crippen LogP contribution in [0, 0.1) is 6.92 Å². The minimum Gasteiger partial charge on any atom is -0.489 e. The zero-order chi connectivity index (χ0) is 17.8. The molecule has 1 fully saturated rings. The Balaban J connectivity index is 1.82. The van der Waals surface area contributed by atoms with E-state index < -0.39 is 0 Å². The highest BCUT2D eigenvalue weighted by molar-refractivity contribution is 5.63. The molecule has 0 amide bonds. The number of aryl methyl sites for hydroxylation is 1. The molecule has 25 heavy (non-hydrogen) atoms. The maximum atomic E-state index is 5.87. The Hall–Kier alpha value is -2.34. The number of benzene rings is 1. The van der Waals surface area contributed by atoms with Gasteiger partial charge in [-0.15, -0.1) is 0 Å². The number of hydrogen-bond acceptors (Lipinski definition) is 6. The van der Waals surface area contributed by atoms with Gasteiger partial charge in [0.2, 0.25) is 5.95 Å². The van der Waals surface area contributed by atoms with Crippen LogP contribution in [-0.2, 0) is 0 Å². The Morgan fingerprint density at radius 2 is 1.80 bits per heavy atom. The Morgan fingerprint density at radius 3 is 2.52 bits per heavy atom. The van der Waals surface area contributed by atoms with Gasteiger partial charge in [0.25, 0.3) is 0 Å². The number of rotatable bonds is 5. The Kier molecular flexibility index (Phi) is 5.38. The third-order valence-corrected chi connectivity index (χ3v) is 4.16. The standard InChI is InChI=1S/C19H27N5O/c1-14(2)25-17-8-6-5-7-16(17)21-19-20-15(3)13-18(22-19)24-11-9-23(4)10-12-24/h5-8,13-14H,9-12H2,1-4H3,(H,20,21,22). The van der Waals surface area contributed by atoms with E-state index in [1.54, 1.807) is 0 Å². The molecule has 1 aliphatic heterocycles. The van der Waals surface area contributed by atoms with Crippen molar-refractivity contribution in [2.45, 2.75) is 26.9 Å². The van der Waals surface area contributed by atoms with E-state index in [0.29, 0.717) is 5.95 Å². The van der Waals surface area contributed by atoms with Gasteiger partial charge in [0, 0.05) is 37.9 Å². The van der Waals surface area contributed by atoms with Crippen LogP contribution in [0.1, 0.15) is 19.5 Å². The van der Waals surface area contributed by atoms with Gasteiger partial charge in [-0.2, -0.15) is 4.98 Å². The van der Waals surface area contributed by atoms with Gasteiger partial charge in [0.1, 0.15) is 11.6 Å². The number of likely N-dealkylation sites (N-methyl/N-ethyl adjacent to an activating group) is 1. The second-order valence-corrected chi connectivity index (χ2v) is 6.77. The fraction of sp³-hybridized carbons (Fsp3) is 0.474. The first-order valence-corrected chi connectivity index (χ1v) is 8.83. The molecule has 0 aliphatic carbocycles. The van der Waals surface area contributed by atoms with Crippen LogP contribution >= 0.6 is 0 Å². The van der Waals surface area contributed by atoms with E-state index in [2.05, 4.69) is 27.1 Å². The summed E-state index contributed by atoms with van der Waals surface area (Å²) in [5.74, 6) is 2.39. The first kappa shape index (κ1) is 17.5. The third-order valence-electron chi connectivity index (χ3n) is 4.16. The SMILES string of the molecule is Cc1cc(N2CCN(C)CC2)nc(Nc2ccccc2OC(C)C)n1. The van der Waals surface area contributed by atoms with Crippen LogP contribution in [0.4, 0.5) is 17.5 Å². The average Bonchev–Trinajstić information content (AvgIpc) is 2.56. The fourth-order valence-electron chi connectivity index (χ4n) is 2.85. The molecule has 0 saturated carbocycles. The van der Waals surface area contributed by atoms with E-state index in [1.165, 1.54) is 0 Å². The summed E-state index contributed by atoms with van der Waals surface area (Å²) in [6, 6.07) is 9.94. The zero-order valence-electron chi connectivity index (χ0n) is 15.5. The highest BCUT2D eigenvalue weighted by Crippen LogP contribution is 2.28. The number of hydrogen-bond donors (Lipinski definition) is 1. The normalized spacial score (nSPS) is 15.5. The molecular weight excluding hydrogens is 314 g/mol. The quantitative estimate of drug-likeness (QED) is 0.902. The molecule has 134 valence electrons. The van der Waals surface area contributed by atoms with Crippen molar-refractivity contribution < 1.29 is 4.74 Å². The van der Waals surface area contributed by atoms with Gasteiger partial charge in [-0.25, -0.2) is 4.98 Å². The second-order valence-electron chi connectivity index (χ2n) is 6.77. The summed E-state index contributed by atoms with van der Waals surface area (Å²) in [5.41, 5.74) is 1.83. The zero-order valence-corrected chi connectivity index (χ0v) is 15.5. The van der Waals surface area contributed by atoms with E-state index in [9.17, 15) is 0 Å². The summed E-state index contributed by atoms with van der Waals surface area (Å²) < 4.78 is 5.87. The van der Waals surface area contributed by atoms with E-state index in [4.69, 9.17) is 9.72 Å². The first-order valence-electron chi connectivity index (χ1n) is 8.83. The lowest BCUT2D eigenvalue weighted by molar-refractivity contribution is 0.244. The Labute approximate surface area is 149 Å². The molecule has 1 N–H and O–H groups in total. The minimum absolute atomic E-state index is 0.113. The topological polar surface area (TPSA) is 53.5 Å². The number of ether oxygens (including phenoxy) is 1. The second kappa shape index (κ2) is 7.70. The lowest BCUT2D eigenvalue weighted by atomic mass is 10.3. The molecule has 3 rings (SSSR count). The molecular formula is C19H27N5O. The van der Waals surface area contributed by atoms with Crippen molar-refractivity contribution in [3.05, 3.63) is 36.0 Å². The molecule has 1 saturated heterocycles. The summed E-state index contributed by atoms with van der Waals surface area (Å²) >= 11 is 0. The van der Waals surface area contributed by atoms with Crippen LogP contribution in [0.3, 0.4) is 0 Å². The molecule has 1 aromatic heterocycles. The predicted octanol–water partition coefficient (Wildman–Crippen LogP) is 3.07. The molecule has 1 aromatic carbocycles. The van der Waals surface area contributed by atoms with Crippen LogP contribution in [0.2, 0.25) is 0 Å². The molecule has 0 unspecified atom stereocenters. The van der Waals surface area contributed by atoms with Crippen LogP contribution in [0.15, 0.2) is 30.3 Å². The molecule has 6 nitrogen and oxygen atoms in total. The largest absolute Gasteiger partial charge is 0.489 e. The minimum atomic E-state index is 0.113. The van der Waals surface area contributed by atoms with Gasteiger partial charge in [-0.1, -0.05) is 12.1 Å². The monoisotopic (exact) mass is 341 g/mol. The number of para-hydroxylation sites is 2. The number of piperazine rings is 1. The third kappa shape index (κ3) is 4.60. The Bertz CT molecular complexity index is 711. The van der Waals surface area contributed by atoms with Gasteiger partial charge in [-0.05, 0) is 40.0 Å². The molecule has 1 aliphatic rings. The molecule has 0 bridgehead atoms. The van der Waals surface area contributed by atoms with Gasteiger partial charge in [0.05, 0.1) is 11.8 Å². The van der Waals surface area contributed by atoms with Crippen molar-refractivity contribution >= 4 is 17.5 Å². The van der Waals surface area contributed by atoms with Crippen LogP contribution < -0.4 is 15.0 Å². The lowest BCUT2D eigenvalue weighted by Gasteiger charge is -2.33. The van der Waals surface area contributed by atoms with E-state index in [0.717, 1.165) is 49.1 Å². The molecule has 0 atom stereocenters. The summed E-state index contributed by atoms with van der Waals surface area (Å²) in [6.07, 6.45) is 0.113. The maximum Gasteiger partial charge on any atom is 0.229 e. The molecule has 6 heteroatoms. The van der Waals surface area contributed by atoms with Gasteiger partial charge in [-0.3, -0.25) is 0 Å². The number of nitrogens with one attached hydrogen (secondary N) is 1. The maximum absolute atomic E-state index is 5.87. The first-order chi connectivity index (χ1) is 12.0. The van der Waals surface area contributed by atoms with Crippen LogP contribution in [0.25, 0.3) is 0 Å². The average molecular weight is 341 g/mol. The predicted molar refractivity (Wildman–Crippen MR) is 102 cm³/mol. The van der Waals surface area contributed by atoms with E-state index in [-0.39, 0.29) is 6.10 Å². The molecule has 0 radical (unpaired) electrons. The lowest BCUT2D eigenvalue weighted by Crippen LogP contribution is -2.44.